The quantitative estimate of drug-likeness (QED) is 0.0223. The molecule has 13 nitrogen and oxygen atoms in total. The highest BCUT2D eigenvalue weighted by molar-refractivity contribution is 8.03. The fourth-order valence-electron chi connectivity index (χ4n) is 7.13. The van der Waals surface area contributed by atoms with Crippen LogP contribution < -0.4 is 14.4 Å². The summed E-state index contributed by atoms with van der Waals surface area (Å²) >= 11 is 6.49. The van der Waals surface area contributed by atoms with Gasteiger partial charge in [0.25, 0.3) is 5.01 Å². The van der Waals surface area contributed by atoms with Gasteiger partial charge in [-0.3, -0.25) is 0 Å². The van der Waals surface area contributed by atoms with E-state index in [4.69, 9.17) is 19.7 Å². The number of thiazole rings is 1. The van der Waals surface area contributed by atoms with Crippen molar-refractivity contribution >= 4 is 102 Å². The van der Waals surface area contributed by atoms with Gasteiger partial charge in [-0.25, -0.2) is 23.8 Å². The second-order valence-electron chi connectivity index (χ2n) is 13.7. The Morgan fingerprint density at radius 3 is 2.23 bits per heavy atom. The number of anilines is 3. The first-order valence-corrected chi connectivity index (χ1v) is 25.4. The van der Waals surface area contributed by atoms with Crippen LogP contribution in [0.1, 0.15) is 30.7 Å². The molecule has 0 spiro atoms. The van der Waals surface area contributed by atoms with E-state index in [2.05, 4.69) is 93.8 Å². The summed E-state index contributed by atoms with van der Waals surface area (Å²) in [5.74, 6) is 1.14. The second-order valence-corrected chi connectivity index (χ2v) is 20.2. The number of sulfone groups is 1. The molecule has 19 heteroatoms. The van der Waals surface area contributed by atoms with Crippen LogP contribution in [0.4, 0.5) is 17.1 Å². The molecular formula is C43H44N3O10S6+. The molecule has 5 aromatic rings. The van der Waals surface area contributed by atoms with Crippen molar-refractivity contribution < 1.29 is 51.5 Å². The molecular weight excluding hydrogens is 911 g/mol. The van der Waals surface area contributed by atoms with Gasteiger partial charge in [-0.15, -0.1) is 8.67 Å². The fraction of sp³-hybridized carbons (Fsp3) is 0.233. The first-order chi connectivity index (χ1) is 30.3. The number of hydrogen-bond acceptors (Lipinski definition) is 17. The average Bonchev–Trinajstić information content (AvgIpc) is 3.96. The molecule has 0 bridgehead atoms. The first-order valence-electron chi connectivity index (χ1n) is 19.3. The molecule has 2 aliphatic rings. The SMILES string of the molecule is COOSc1ccc2sc(/C=C/C3=C(N(c4ccccc4)c4ccccc4)C(=C/C=C4\Sc5ccc(S(C)(=O)=O)cc5N4CCCSOOO)/CC3)[n+](CCCSOOO)c2c1. The highest BCUT2D eigenvalue weighted by Gasteiger charge is 2.29. The molecule has 0 saturated heterocycles. The zero-order valence-electron chi connectivity index (χ0n) is 33.7. The molecule has 2 heterocycles. The molecule has 0 unspecified atom stereocenters. The summed E-state index contributed by atoms with van der Waals surface area (Å²) in [6.07, 6.45) is 13.0. The lowest BCUT2D eigenvalue weighted by Gasteiger charge is -2.28. The summed E-state index contributed by atoms with van der Waals surface area (Å²) < 4.78 is 43.0. The van der Waals surface area contributed by atoms with Crippen molar-refractivity contribution in [2.45, 2.75) is 46.9 Å². The van der Waals surface area contributed by atoms with E-state index in [-0.39, 0.29) is 4.90 Å². The molecule has 4 aromatic carbocycles. The third-order valence-electron chi connectivity index (χ3n) is 9.78. The third kappa shape index (κ3) is 11.7. The molecule has 0 amide bonds. The van der Waals surface area contributed by atoms with E-state index in [0.717, 1.165) is 114 Å². The summed E-state index contributed by atoms with van der Waals surface area (Å²) in [6, 6.07) is 32.2. The van der Waals surface area contributed by atoms with Gasteiger partial charge in [0.05, 0.1) is 40.5 Å². The molecule has 1 aliphatic heterocycles. The monoisotopic (exact) mass is 954 g/mol. The Balaban J connectivity index is 1.31. The number of hydrogen-bond donors (Lipinski definition) is 2. The summed E-state index contributed by atoms with van der Waals surface area (Å²) in [4.78, 5) is 11.4. The van der Waals surface area contributed by atoms with Gasteiger partial charge in [-0.05, 0) is 97.2 Å². The van der Waals surface area contributed by atoms with E-state index in [1.54, 1.807) is 35.2 Å². The van der Waals surface area contributed by atoms with Gasteiger partial charge in [0.1, 0.15) is 4.70 Å². The molecule has 0 saturated carbocycles. The fourth-order valence-corrected chi connectivity index (χ4v) is 11.1. The van der Waals surface area contributed by atoms with E-state index in [0.29, 0.717) is 31.0 Å². The number of rotatable bonds is 22. The number of nitrogens with zero attached hydrogens (tertiary/aromatic N) is 3. The molecule has 2 N–H and O–H groups in total. The highest BCUT2D eigenvalue weighted by atomic mass is 32.2. The number of para-hydroxylation sites is 2. The Kier molecular flexibility index (Phi) is 17.1. The van der Waals surface area contributed by atoms with E-state index >= 15 is 0 Å². The zero-order chi connectivity index (χ0) is 43.3. The van der Waals surface area contributed by atoms with Crippen LogP contribution in [-0.2, 0) is 44.3 Å². The van der Waals surface area contributed by atoms with Crippen LogP contribution in [0, 0.1) is 0 Å². The number of fused-ring (bicyclic) bond motifs is 2. The van der Waals surface area contributed by atoms with Crippen molar-refractivity contribution in [1.29, 1.82) is 0 Å². The van der Waals surface area contributed by atoms with Gasteiger partial charge in [-0.2, -0.15) is 8.90 Å². The number of aryl methyl sites for hydroxylation is 1. The Labute approximate surface area is 381 Å². The predicted molar refractivity (Wildman–Crippen MR) is 249 cm³/mol. The minimum Gasteiger partial charge on any atom is -0.335 e. The van der Waals surface area contributed by atoms with Gasteiger partial charge in [0.2, 0.25) is 5.52 Å². The van der Waals surface area contributed by atoms with Crippen LogP contribution in [0.2, 0.25) is 0 Å². The molecule has 62 heavy (non-hydrogen) atoms. The van der Waals surface area contributed by atoms with Crippen LogP contribution in [0.25, 0.3) is 16.3 Å². The minimum absolute atomic E-state index is 0.259. The summed E-state index contributed by atoms with van der Waals surface area (Å²) in [5.41, 5.74) is 7.33. The smallest absolute Gasteiger partial charge is 0.262 e. The minimum atomic E-state index is -3.43. The van der Waals surface area contributed by atoms with Gasteiger partial charge in [0.15, 0.2) is 16.4 Å². The van der Waals surface area contributed by atoms with Gasteiger partial charge >= 0.3 is 0 Å². The molecule has 1 aromatic heterocycles. The summed E-state index contributed by atoms with van der Waals surface area (Å²) in [6.45, 7) is 1.27. The van der Waals surface area contributed by atoms with E-state index in [1.807, 2.05) is 48.5 Å². The van der Waals surface area contributed by atoms with Crippen LogP contribution in [0.5, 0.6) is 0 Å². The maximum atomic E-state index is 12.6. The van der Waals surface area contributed by atoms with Crippen molar-refractivity contribution in [2.75, 3.05) is 41.2 Å². The number of aromatic nitrogens is 1. The molecule has 0 fully saturated rings. The molecule has 0 radical (unpaired) electrons. The van der Waals surface area contributed by atoms with Crippen molar-refractivity contribution in [2.24, 2.45) is 0 Å². The number of thioether (sulfide) groups is 1. The summed E-state index contributed by atoms with van der Waals surface area (Å²) in [7, 11) is -1.96. The van der Waals surface area contributed by atoms with Gasteiger partial charge in [0, 0.05) is 88.1 Å². The standard InChI is InChI=1S/C43H43N3O10S6/c1-51-54-61-35-19-21-39-37(29-35)44(25-9-27-57-55-52-47)41(59-39)23-17-31-15-16-32(43(31)46(33-11-5-3-6-12-33)34-13-7-4-8-14-34)18-24-42-45(26-10-28-58-56-53-48)38-30-36(62(2,49)50)20-22-40(38)60-42/h3-8,11-14,17-24,29-30H,9-10,15-16,25-28H2,1-2H3,(H-,47,48)/p+1. The molecule has 0 atom stereocenters. The third-order valence-corrected chi connectivity index (χ3v) is 15.0. The number of allylic oxidation sites excluding steroid dienone is 5. The maximum Gasteiger partial charge on any atom is 0.262 e. The lowest BCUT2D eigenvalue weighted by atomic mass is 10.1. The highest BCUT2D eigenvalue weighted by Crippen LogP contribution is 2.48. The van der Waals surface area contributed by atoms with Crippen LogP contribution in [0.3, 0.4) is 0 Å². The van der Waals surface area contributed by atoms with Crippen LogP contribution >= 0.6 is 59.2 Å². The Morgan fingerprint density at radius 2 is 1.55 bits per heavy atom. The van der Waals surface area contributed by atoms with Gasteiger partial charge < -0.3 is 9.80 Å². The normalized spacial score (nSPS) is 15.6. The van der Waals surface area contributed by atoms with Crippen LogP contribution in [0.15, 0.2) is 152 Å². The molecule has 7 rings (SSSR count). The van der Waals surface area contributed by atoms with Crippen molar-refractivity contribution in [3.63, 3.8) is 0 Å². The van der Waals surface area contributed by atoms with Crippen molar-refractivity contribution in [3.05, 3.63) is 142 Å². The Morgan fingerprint density at radius 1 is 0.839 bits per heavy atom. The Bertz CT molecular complexity index is 2500. The molecule has 1 aliphatic carbocycles. The first kappa shape index (κ1) is 46.4. The predicted octanol–water partition coefficient (Wildman–Crippen LogP) is 11.4. The average molecular weight is 955 g/mol. The number of benzene rings is 4. The van der Waals surface area contributed by atoms with Crippen molar-refractivity contribution in [3.8, 4) is 0 Å². The maximum absolute atomic E-state index is 12.6. The summed E-state index contributed by atoms with van der Waals surface area (Å²) in [5, 5.41) is 26.8. The molecule has 326 valence electrons. The largest absolute Gasteiger partial charge is 0.335 e. The zero-order valence-corrected chi connectivity index (χ0v) is 38.6. The lowest BCUT2D eigenvalue weighted by Crippen LogP contribution is -2.35. The van der Waals surface area contributed by atoms with Gasteiger partial charge in [-0.1, -0.05) is 75.6 Å². The van der Waals surface area contributed by atoms with Crippen LogP contribution in [-0.4, -0.2) is 50.3 Å². The Hall–Kier alpha value is -3.64. The van der Waals surface area contributed by atoms with E-state index in [9.17, 15) is 8.42 Å². The lowest BCUT2D eigenvalue weighted by molar-refractivity contribution is -0.668. The van der Waals surface area contributed by atoms with E-state index < -0.39 is 9.84 Å². The second kappa shape index (κ2) is 22.8. The topological polar surface area (TPSA) is 140 Å². The van der Waals surface area contributed by atoms with E-state index in [1.165, 1.54) is 18.9 Å². The van der Waals surface area contributed by atoms with Crippen molar-refractivity contribution in [1.82, 2.24) is 0 Å².